The maximum atomic E-state index is 5.22. The van der Waals surface area contributed by atoms with E-state index >= 15 is 0 Å². The van der Waals surface area contributed by atoms with Crippen LogP contribution in [0.2, 0.25) is 0 Å². The maximum absolute atomic E-state index is 5.22. The summed E-state index contributed by atoms with van der Waals surface area (Å²) in [6, 6.07) is 0. The molecule has 1 aliphatic carbocycles. The molecule has 2 nitrogen and oxygen atoms in total. The van der Waals surface area contributed by atoms with E-state index in [-0.39, 0.29) is 5.54 Å². The minimum atomic E-state index is 0.100. The van der Waals surface area contributed by atoms with Crippen molar-refractivity contribution >= 4 is 5.90 Å². The zero-order valence-corrected chi connectivity index (χ0v) is 7.64. The molecule has 62 valence electrons. The highest BCUT2D eigenvalue weighted by molar-refractivity contribution is 5.86. The molecule has 0 aromatic rings. The second-order valence-corrected chi connectivity index (χ2v) is 4.39. The van der Waals surface area contributed by atoms with Gasteiger partial charge < -0.3 is 4.74 Å². The molecule has 0 spiro atoms. The first-order chi connectivity index (χ1) is 5.01. The van der Waals surface area contributed by atoms with Crippen molar-refractivity contribution in [2.45, 2.75) is 32.7 Å². The van der Waals surface area contributed by atoms with Crippen LogP contribution in [0.4, 0.5) is 0 Å². The third-order valence-corrected chi connectivity index (χ3v) is 3.53. The summed E-state index contributed by atoms with van der Waals surface area (Å²) in [5.41, 5.74) is 0.501. The highest BCUT2D eigenvalue weighted by Crippen LogP contribution is 2.65. The van der Waals surface area contributed by atoms with Crippen molar-refractivity contribution in [1.29, 1.82) is 0 Å². The van der Waals surface area contributed by atoms with E-state index in [1.54, 1.807) is 7.11 Å². The SMILES string of the molecule is COC1=NC(C)(C)C2(C)CC12. The Morgan fingerprint density at radius 3 is 2.27 bits per heavy atom. The van der Waals surface area contributed by atoms with Gasteiger partial charge in [-0.15, -0.1) is 0 Å². The van der Waals surface area contributed by atoms with Crippen molar-refractivity contribution < 1.29 is 4.74 Å². The number of nitrogens with zero attached hydrogens (tertiary/aromatic N) is 1. The summed E-state index contributed by atoms with van der Waals surface area (Å²) in [6.45, 7) is 6.69. The molecule has 0 amide bonds. The summed E-state index contributed by atoms with van der Waals surface area (Å²) in [5, 5.41) is 0. The van der Waals surface area contributed by atoms with Crippen LogP contribution in [0.1, 0.15) is 27.2 Å². The van der Waals surface area contributed by atoms with Gasteiger partial charge in [0.25, 0.3) is 0 Å². The molecule has 2 unspecified atom stereocenters. The molecule has 0 aromatic carbocycles. The molecule has 2 heteroatoms. The van der Waals surface area contributed by atoms with Gasteiger partial charge in [-0.05, 0) is 20.3 Å². The summed E-state index contributed by atoms with van der Waals surface area (Å²) in [7, 11) is 1.72. The third-order valence-electron chi connectivity index (χ3n) is 3.53. The Morgan fingerprint density at radius 1 is 1.45 bits per heavy atom. The predicted octanol–water partition coefficient (Wildman–Crippen LogP) is 1.85. The topological polar surface area (TPSA) is 21.6 Å². The van der Waals surface area contributed by atoms with Crippen LogP contribution in [-0.4, -0.2) is 18.5 Å². The van der Waals surface area contributed by atoms with Crippen molar-refractivity contribution in [1.82, 2.24) is 0 Å². The lowest BCUT2D eigenvalue weighted by molar-refractivity contribution is 0.334. The number of ether oxygens (including phenoxy) is 1. The van der Waals surface area contributed by atoms with Crippen LogP contribution >= 0.6 is 0 Å². The first-order valence-electron chi connectivity index (χ1n) is 4.15. The van der Waals surface area contributed by atoms with E-state index in [0.717, 1.165) is 5.90 Å². The molecule has 1 saturated carbocycles. The number of hydrogen-bond acceptors (Lipinski definition) is 2. The van der Waals surface area contributed by atoms with E-state index in [9.17, 15) is 0 Å². The Balaban J connectivity index is 2.33. The molecule has 0 aromatic heterocycles. The molecule has 0 radical (unpaired) electrons. The maximum Gasteiger partial charge on any atom is 0.187 e. The van der Waals surface area contributed by atoms with Gasteiger partial charge in [-0.2, -0.15) is 0 Å². The molecule has 2 aliphatic rings. The number of fused-ring (bicyclic) bond motifs is 1. The molecular weight excluding hydrogens is 138 g/mol. The van der Waals surface area contributed by atoms with Gasteiger partial charge in [0.05, 0.1) is 12.6 Å². The highest BCUT2D eigenvalue weighted by Gasteiger charge is 2.66. The Hall–Kier alpha value is -0.530. The zero-order chi connectivity index (χ0) is 8.28. The van der Waals surface area contributed by atoms with E-state index in [1.807, 2.05) is 0 Å². The van der Waals surface area contributed by atoms with Crippen LogP contribution in [-0.2, 0) is 4.74 Å². The fourth-order valence-electron chi connectivity index (χ4n) is 2.07. The van der Waals surface area contributed by atoms with E-state index in [4.69, 9.17) is 4.74 Å². The van der Waals surface area contributed by atoms with E-state index < -0.39 is 0 Å². The van der Waals surface area contributed by atoms with Gasteiger partial charge in [-0.3, -0.25) is 0 Å². The molecule has 11 heavy (non-hydrogen) atoms. The monoisotopic (exact) mass is 153 g/mol. The van der Waals surface area contributed by atoms with Gasteiger partial charge in [0.2, 0.25) is 0 Å². The number of methoxy groups -OCH3 is 1. The first kappa shape index (κ1) is 7.14. The van der Waals surface area contributed by atoms with E-state index in [1.165, 1.54) is 6.42 Å². The fraction of sp³-hybridized carbons (Fsp3) is 0.889. The lowest BCUT2D eigenvalue weighted by Crippen LogP contribution is -2.26. The van der Waals surface area contributed by atoms with Crippen molar-refractivity contribution in [2.75, 3.05) is 7.11 Å². The van der Waals surface area contributed by atoms with Crippen molar-refractivity contribution in [3.05, 3.63) is 0 Å². The van der Waals surface area contributed by atoms with Gasteiger partial charge in [0.15, 0.2) is 5.90 Å². The Bertz CT molecular complexity index is 232. The van der Waals surface area contributed by atoms with Crippen LogP contribution in [0, 0.1) is 11.3 Å². The summed E-state index contributed by atoms with van der Waals surface area (Å²) >= 11 is 0. The standard InChI is InChI=1S/C9H15NO/c1-8(2)9(3)5-6(9)7(10-8)11-4/h6H,5H2,1-4H3. The summed E-state index contributed by atoms with van der Waals surface area (Å²) in [5.74, 6) is 1.58. The zero-order valence-electron chi connectivity index (χ0n) is 7.64. The summed E-state index contributed by atoms with van der Waals surface area (Å²) < 4.78 is 5.22. The molecule has 1 aliphatic heterocycles. The largest absolute Gasteiger partial charge is 0.484 e. The molecule has 2 rings (SSSR count). The van der Waals surface area contributed by atoms with Gasteiger partial charge in [-0.1, -0.05) is 6.92 Å². The molecular formula is C9H15NO. The molecule has 1 fully saturated rings. The van der Waals surface area contributed by atoms with Gasteiger partial charge in [-0.25, -0.2) is 4.99 Å². The lowest BCUT2D eigenvalue weighted by Gasteiger charge is -2.23. The number of rotatable bonds is 0. The fourth-order valence-corrected chi connectivity index (χ4v) is 2.07. The molecule has 0 bridgehead atoms. The highest BCUT2D eigenvalue weighted by atomic mass is 16.5. The minimum Gasteiger partial charge on any atom is -0.484 e. The van der Waals surface area contributed by atoms with Crippen molar-refractivity contribution in [2.24, 2.45) is 16.3 Å². The van der Waals surface area contributed by atoms with Crippen LogP contribution < -0.4 is 0 Å². The Morgan fingerprint density at radius 2 is 2.09 bits per heavy atom. The average molecular weight is 153 g/mol. The average Bonchev–Trinajstić information content (AvgIpc) is 2.54. The molecule has 1 heterocycles. The quantitative estimate of drug-likeness (QED) is 0.520. The van der Waals surface area contributed by atoms with Crippen molar-refractivity contribution in [3.8, 4) is 0 Å². The van der Waals surface area contributed by atoms with Crippen LogP contribution in [0.25, 0.3) is 0 Å². The number of hydrogen-bond donors (Lipinski definition) is 0. The second-order valence-electron chi connectivity index (χ2n) is 4.39. The summed E-state index contributed by atoms with van der Waals surface area (Å²) in [4.78, 5) is 4.54. The first-order valence-corrected chi connectivity index (χ1v) is 4.15. The molecule has 2 atom stereocenters. The second kappa shape index (κ2) is 1.62. The van der Waals surface area contributed by atoms with E-state index in [0.29, 0.717) is 11.3 Å². The van der Waals surface area contributed by atoms with Gasteiger partial charge >= 0.3 is 0 Å². The molecule has 0 N–H and O–H groups in total. The minimum absolute atomic E-state index is 0.100. The Labute approximate surface area is 67.7 Å². The summed E-state index contributed by atoms with van der Waals surface area (Å²) in [6.07, 6.45) is 1.26. The van der Waals surface area contributed by atoms with Gasteiger partial charge in [0.1, 0.15) is 0 Å². The van der Waals surface area contributed by atoms with Crippen LogP contribution in [0.15, 0.2) is 4.99 Å². The predicted molar refractivity (Wildman–Crippen MR) is 44.7 cm³/mol. The van der Waals surface area contributed by atoms with Gasteiger partial charge in [0, 0.05) is 11.3 Å². The normalized spacial score (nSPS) is 44.7. The molecule has 0 saturated heterocycles. The third kappa shape index (κ3) is 0.652. The number of aliphatic imine (C=N–C) groups is 1. The van der Waals surface area contributed by atoms with Crippen LogP contribution in [0.5, 0.6) is 0 Å². The lowest BCUT2D eigenvalue weighted by atomic mass is 9.87. The van der Waals surface area contributed by atoms with Crippen LogP contribution in [0.3, 0.4) is 0 Å². The van der Waals surface area contributed by atoms with E-state index in [2.05, 4.69) is 25.8 Å². The Kier molecular flexibility index (Phi) is 1.05. The smallest absolute Gasteiger partial charge is 0.187 e. The van der Waals surface area contributed by atoms with Crippen molar-refractivity contribution in [3.63, 3.8) is 0 Å².